The van der Waals surface area contributed by atoms with Gasteiger partial charge in [0.15, 0.2) is 0 Å². The zero-order valence-electron chi connectivity index (χ0n) is 18.1. The molecule has 0 unspecified atom stereocenters. The first-order valence-electron chi connectivity index (χ1n) is 11.5. The third-order valence-electron chi connectivity index (χ3n) is 6.66. The van der Waals surface area contributed by atoms with Crippen molar-refractivity contribution in [3.8, 4) is 0 Å². The summed E-state index contributed by atoms with van der Waals surface area (Å²) in [5.41, 5.74) is 7.19. The van der Waals surface area contributed by atoms with Gasteiger partial charge in [0, 0.05) is 36.4 Å². The Morgan fingerprint density at radius 2 is 1.69 bits per heavy atom. The summed E-state index contributed by atoms with van der Waals surface area (Å²) in [6.07, 6.45) is 4.57. The Hall–Kier alpha value is -3.60. The molecule has 0 radical (unpaired) electrons. The molecule has 5 nitrogen and oxygen atoms in total. The average molecular weight is 423 g/mol. The van der Waals surface area contributed by atoms with Gasteiger partial charge in [0.2, 0.25) is 0 Å². The molecule has 1 aromatic heterocycles. The zero-order valence-corrected chi connectivity index (χ0v) is 18.1. The highest BCUT2D eigenvalue weighted by molar-refractivity contribution is 6.10. The van der Waals surface area contributed by atoms with E-state index in [2.05, 4.69) is 34.1 Å². The Balaban J connectivity index is 1.26. The minimum absolute atomic E-state index is 0.0737. The number of nitrogens with one attached hydrogen (secondary N) is 1. The van der Waals surface area contributed by atoms with Gasteiger partial charge in [-0.25, -0.2) is 4.98 Å². The highest BCUT2D eigenvalue weighted by atomic mass is 16.2. The standard InChI is InChI=1S/C27H26N4O/c32-27-23-11-9-21(30-13-5-2-6-14-30)16-20(23)18-31(27)22-10-12-24-25(17-22)29-26(28-24)15-19-7-3-1-4-8-19/h1,3-4,7-12,16-17H,2,5-6,13-15,18H2,(H,28,29). The van der Waals surface area contributed by atoms with Crippen LogP contribution in [0.2, 0.25) is 0 Å². The van der Waals surface area contributed by atoms with Crippen LogP contribution in [-0.4, -0.2) is 29.0 Å². The molecule has 160 valence electrons. The SMILES string of the molecule is O=C1c2ccc(N3CCCCC3)cc2CN1c1ccc2[nH]c(Cc3ccccc3)nc2c1. The first-order valence-corrected chi connectivity index (χ1v) is 11.5. The van der Waals surface area contributed by atoms with E-state index >= 15 is 0 Å². The maximum Gasteiger partial charge on any atom is 0.258 e. The third kappa shape index (κ3) is 3.44. The maximum absolute atomic E-state index is 13.2. The average Bonchev–Trinajstić information content (AvgIpc) is 3.39. The van der Waals surface area contributed by atoms with Crippen LogP contribution < -0.4 is 9.80 Å². The molecule has 32 heavy (non-hydrogen) atoms. The largest absolute Gasteiger partial charge is 0.372 e. The van der Waals surface area contributed by atoms with E-state index in [4.69, 9.17) is 4.98 Å². The van der Waals surface area contributed by atoms with Crippen molar-refractivity contribution in [2.24, 2.45) is 0 Å². The van der Waals surface area contributed by atoms with Crippen molar-refractivity contribution in [1.29, 1.82) is 0 Å². The van der Waals surface area contributed by atoms with E-state index in [9.17, 15) is 4.79 Å². The normalized spacial score (nSPS) is 16.1. The van der Waals surface area contributed by atoms with Crippen LogP contribution in [0.5, 0.6) is 0 Å². The molecule has 0 atom stereocenters. The Bertz CT molecular complexity index is 1290. The fourth-order valence-electron chi connectivity index (χ4n) is 4.95. The summed E-state index contributed by atoms with van der Waals surface area (Å²) in [5, 5.41) is 0. The Kier molecular flexibility index (Phi) is 4.67. The molecule has 5 heteroatoms. The highest BCUT2D eigenvalue weighted by Crippen LogP contribution is 2.33. The fourth-order valence-corrected chi connectivity index (χ4v) is 4.95. The summed E-state index contributed by atoms with van der Waals surface area (Å²) in [5.74, 6) is 1.01. The minimum atomic E-state index is 0.0737. The minimum Gasteiger partial charge on any atom is -0.372 e. The number of aromatic nitrogens is 2. The molecule has 1 amide bonds. The van der Waals surface area contributed by atoms with Gasteiger partial charge < -0.3 is 14.8 Å². The second-order valence-electron chi connectivity index (χ2n) is 8.83. The monoisotopic (exact) mass is 422 g/mol. The van der Waals surface area contributed by atoms with Crippen molar-refractivity contribution in [3.05, 3.63) is 89.2 Å². The smallest absolute Gasteiger partial charge is 0.258 e. The lowest BCUT2D eigenvalue weighted by Crippen LogP contribution is -2.29. The molecule has 1 saturated heterocycles. The molecule has 3 aromatic carbocycles. The van der Waals surface area contributed by atoms with Gasteiger partial charge in [-0.05, 0) is 66.8 Å². The van der Waals surface area contributed by atoms with Crippen LogP contribution in [0.1, 0.15) is 46.6 Å². The number of nitrogens with zero attached hydrogens (tertiary/aromatic N) is 3. The molecule has 2 aliphatic heterocycles. The number of benzene rings is 3. The summed E-state index contributed by atoms with van der Waals surface area (Å²) < 4.78 is 0. The van der Waals surface area contributed by atoms with Crippen molar-refractivity contribution in [1.82, 2.24) is 9.97 Å². The van der Waals surface area contributed by atoms with E-state index in [-0.39, 0.29) is 5.91 Å². The van der Waals surface area contributed by atoms with Gasteiger partial charge in [-0.1, -0.05) is 30.3 Å². The fraction of sp³-hybridized carbons (Fsp3) is 0.259. The number of hydrogen-bond acceptors (Lipinski definition) is 3. The maximum atomic E-state index is 13.2. The number of carbonyl (C=O) groups is 1. The molecule has 3 heterocycles. The van der Waals surface area contributed by atoms with Crippen LogP contribution in [0.15, 0.2) is 66.7 Å². The van der Waals surface area contributed by atoms with Gasteiger partial charge in [0.1, 0.15) is 5.82 Å². The van der Waals surface area contributed by atoms with Crippen molar-refractivity contribution in [2.75, 3.05) is 22.9 Å². The van der Waals surface area contributed by atoms with Crippen LogP contribution >= 0.6 is 0 Å². The van der Waals surface area contributed by atoms with E-state index in [0.717, 1.165) is 53.2 Å². The Morgan fingerprint density at radius 3 is 2.53 bits per heavy atom. The van der Waals surface area contributed by atoms with E-state index in [0.29, 0.717) is 6.54 Å². The van der Waals surface area contributed by atoms with E-state index in [1.54, 1.807) is 0 Å². The Labute approximate surface area is 187 Å². The summed E-state index contributed by atoms with van der Waals surface area (Å²) in [6.45, 7) is 2.83. The van der Waals surface area contributed by atoms with Crippen molar-refractivity contribution in [3.63, 3.8) is 0 Å². The molecular formula is C27H26N4O. The second kappa shape index (κ2) is 7.83. The van der Waals surface area contributed by atoms with E-state index in [1.165, 1.54) is 30.5 Å². The van der Waals surface area contributed by atoms with Crippen LogP contribution in [0, 0.1) is 0 Å². The van der Waals surface area contributed by atoms with Crippen molar-refractivity contribution < 1.29 is 4.79 Å². The number of aromatic amines is 1. The van der Waals surface area contributed by atoms with Crippen molar-refractivity contribution >= 4 is 28.3 Å². The lowest BCUT2D eigenvalue weighted by Gasteiger charge is -2.29. The van der Waals surface area contributed by atoms with E-state index in [1.807, 2.05) is 47.4 Å². The number of amides is 1. The molecule has 2 aliphatic rings. The summed E-state index contributed by atoms with van der Waals surface area (Å²) in [6, 6.07) is 22.7. The molecule has 4 aromatic rings. The second-order valence-corrected chi connectivity index (χ2v) is 8.83. The Morgan fingerprint density at radius 1 is 0.875 bits per heavy atom. The zero-order chi connectivity index (χ0) is 21.5. The predicted molar refractivity (Wildman–Crippen MR) is 128 cm³/mol. The number of fused-ring (bicyclic) bond motifs is 2. The summed E-state index contributed by atoms with van der Waals surface area (Å²) in [4.78, 5) is 25.7. The highest BCUT2D eigenvalue weighted by Gasteiger charge is 2.29. The number of imidazole rings is 1. The number of piperidine rings is 1. The van der Waals surface area contributed by atoms with Gasteiger partial charge in [0.25, 0.3) is 5.91 Å². The molecular weight excluding hydrogens is 396 g/mol. The van der Waals surface area contributed by atoms with Crippen LogP contribution in [0.3, 0.4) is 0 Å². The van der Waals surface area contributed by atoms with Gasteiger partial charge in [-0.2, -0.15) is 0 Å². The number of hydrogen-bond donors (Lipinski definition) is 1. The van der Waals surface area contributed by atoms with Crippen LogP contribution in [-0.2, 0) is 13.0 Å². The first kappa shape index (κ1) is 19.1. The number of rotatable bonds is 4. The molecule has 0 bridgehead atoms. The van der Waals surface area contributed by atoms with Crippen LogP contribution in [0.25, 0.3) is 11.0 Å². The quantitative estimate of drug-likeness (QED) is 0.485. The van der Waals surface area contributed by atoms with Crippen molar-refractivity contribution in [2.45, 2.75) is 32.2 Å². The first-order chi connectivity index (χ1) is 15.7. The number of carbonyl (C=O) groups excluding carboxylic acids is 1. The summed E-state index contributed by atoms with van der Waals surface area (Å²) in [7, 11) is 0. The molecule has 6 rings (SSSR count). The molecule has 1 N–H and O–H groups in total. The van der Waals surface area contributed by atoms with Gasteiger partial charge >= 0.3 is 0 Å². The van der Waals surface area contributed by atoms with E-state index < -0.39 is 0 Å². The van der Waals surface area contributed by atoms with Gasteiger partial charge in [0.05, 0.1) is 17.6 Å². The van der Waals surface area contributed by atoms with Gasteiger partial charge in [-0.3, -0.25) is 4.79 Å². The van der Waals surface area contributed by atoms with Crippen LogP contribution in [0.4, 0.5) is 11.4 Å². The molecule has 0 saturated carbocycles. The molecule has 0 aliphatic carbocycles. The third-order valence-corrected chi connectivity index (χ3v) is 6.66. The lowest BCUT2D eigenvalue weighted by atomic mass is 10.1. The predicted octanol–water partition coefficient (Wildman–Crippen LogP) is 5.30. The van der Waals surface area contributed by atoms with Gasteiger partial charge in [-0.15, -0.1) is 0 Å². The lowest BCUT2D eigenvalue weighted by molar-refractivity contribution is 0.0996. The number of anilines is 2. The molecule has 1 fully saturated rings. The molecule has 0 spiro atoms. The summed E-state index contributed by atoms with van der Waals surface area (Å²) >= 11 is 0. The topological polar surface area (TPSA) is 52.2 Å². The number of H-pyrrole nitrogens is 1.